The minimum atomic E-state index is -0.498. The highest BCUT2D eigenvalue weighted by atomic mass is 16.6. The van der Waals surface area contributed by atoms with Gasteiger partial charge in [-0.05, 0) is 26.3 Å². The van der Waals surface area contributed by atoms with Crippen LogP contribution in [0.5, 0.6) is 0 Å². The van der Waals surface area contributed by atoms with Crippen molar-refractivity contribution in [1.29, 1.82) is 0 Å². The smallest absolute Gasteiger partial charge is 0.271 e. The van der Waals surface area contributed by atoms with E-state index < -0.39 is 10.8 Å². The average molecular weight is 315 g/mol. The third-order valence-corrected chi connectivity index (χ3v) is 3.30. The van der Waals surface area contributed by atoms with Gasteiger partial charge in [0.05, 0.1) is 11.1 Å². The predicted molar refractivity (Wildman–Crippen MR) is 85.3 cm³/mol. The zero-order valence-electron chi connectivity index (χ0n) is 13.1. The average Bonchev–Trinajstić information content (AvgIpc) is 2.75. The zero-order valence-corrected chi connectivity index (χ0v) is 13.1. The molecule has 1 N–H and O–H groups in total. The molecule has 0 aliphatic rings. The number of benzene rings is 1. The molecule has 2 aromatic rings. The SMILES string of the molecule is Cc1ccc(C=NNC(=O)Cn2nc(C)c([N+](=O)[O-])c2C)cc1. The largest absolute Gasteiger partial charge is 0.312 e. The summed E-state index contributed by atoms with van der Waals surface area (Å²) in [5, 5.41) is 18.8. The summed E-state index contributed by atoms with van der Waals surface area (Å²) in [5.41, 5.74) is 4.93. The van der Waals surface area contributed by atoms with E-state index in [1.165, 1.54) is 17.8 Å². The molecule has 8 heteroatoms. The van der Waals surface area contributed by atoms with E-state index in [9.17, 15) is 14.9 Å². The van der Waals surface area contributed by atoms with Crippen molar-refractivity contribution < 1.29 is 9.72 Å². The van der Waals surface area contributed by atoms with Crippen LogP contribution < -0.4 is 5.43 Å². The van der Waals surface area contributed by atoms with Crippen molar-refractivity contribution in [2.24, 2.45) is 5.10 Å². The van der Waals surface area contributed by atoms with E-state index >= 15 is 0 Å². The summed E-state index contributed by atoms with van der Waals surface area (Å²) >= 11 is 0. The maximum atomic E-state index is 11.8. The first-order chi connectivity index (χ1) is 10.9. The maximum Gasteiger partial charge on any atom is 0.312 e. The van der Waals surface area contributed by atoms with Gasteiger partial charge in [-0.2, -0.15) is 10.2 Å². The van der Waals surface area contributed by atoms with Gasteiger partial charge in [-0.1, -0.05) is 29.8 Å². The highest BCUT2D eigenvalue weighted by Gasteiger charge is 2.22. The molecule has 0 atom stereocenters. The number of hydrogen-bond donors (Lipinski definition) is 1. The first-order valence-corrected chi connectivity index (χ1v) is 6.95. The summed E-state index contributed by atoms with van der Waals surface area (Å²) in [4.78, 5) is 22.3. The molecule has 1 heterocycles. The van der Waals surface area contributed by atoms with Crippen molar-refractivity contribution in [3.8, 4) is 0 Å². The highest BCUT2D eigenvalue weighted by molar-refractivity contribution is 5.82. The summed E-state index contributed by atoms with van der Waals surface area (Å²) in [6, 6.07) is 7.65. The Hall–Kier alpha value is -3.03. The Labute approximate surface area is 133 Å². The fourth-order valence-corrected chi connectivity index (χ4v) is 2.11. The topological polar surface area (TPSA) is 102 Å². The van der Waals surface area contributed by atoms with Crippen LogP contribution in [0, 0.1) is 30.9 Å². The first kappa shape index (κ1) is 16.3. The molecular formula is C15H17N5O3. The third-order valence-electron chi connectivity index (χ3n) is 3.30. The third kappa shape index (κ3) is 4.00. The lowest BCUT2D eigenvalue weighted by Crippen LogP contribution is -2.24. The zero-order chi connectivity index (χ0) is 17.0. The lowest BCUT2D eigenvalue weighted by atomic mass is 10.2. The number of carbonyl (C=O) groups excluding carboxylic acids is 1. The Balaban J connectivity index is 1.99. The van der Waals surface area contributed by atoms with Crippen molar-refractivity contribution >= 4 is 17.8 Å². The molecule has 1 amide bonds. The quantitative estimate of drug-likeness (QED) is 0.517. The van der Waals surface area contributed by atoms with Gasteiger partial charge in [-0.25, -0.2) is 5.43 Å². The van der Waals surface area contributed by atoms with Crippen LogP contribution in [0.2, 0.25) is 0 Å². The van der Waals surface area contributed by atoms with Crippen molar-refractivity contribution in [2.45, 2.75) is 27.3 Å². The standard InChI is InChI=1S/C15H17N5O3/c1-10-4-6-13(7-5-10)8-16-17-14(21)9-19-12(3)15(20(22)23)11(2)18-19/h4-8H,9H2,1-3H3,(H,17,21). The lowest BCUT2D eigenvalue weighted by molar-refractivity contribution is -0.386. The van der Waals surface area contributed by atoms with E-state index in [1.54, 1.807) is 6.92 Å². The van der Waals surface area contributed by atoms with Crippen LogP contribution in [0.15, 0.2) is 29.4 Å². The van der Waals surface area contributed by atoms with Crippen LogP contribution in [0.4, 0.5) is 5.69 Å². The summed E-state index contributed by atoms with van der Waals surface area (Å²) in [6.45, 7) is 4.94. The second-order valence-electron chi connectivity index (χ2n) is 5.14. The minimum Gasteiger partial charge on any atom is -0.271 e. The maximum absolute atomic E-state index is 11.8. The fourth-order valence-electron chi connectivity index (χ4n) is 2.11. The summed E-state index contributed by atoms with van der Waals surface area (Å²) < 4.78 is 1.30. The number of amides is 1. The Bertz CT molecular complexity index is 762. The number of nitrogens with one attached hydrogen (secondary N) is 1. The van der Waals surface area contributed by atoms with Crippen LogP contribution >= 0.6 is 0 Å². The molecule has 1 aromatic carbocycles. The molecule has 120 valence electrons. The van der Waals surface area contributed by atoms with E-state index in [2.05, 4.69) is 15.6 Å². The first-order valence-electron chi connectivity index (χ1n) is 6.95. The Morgan fingerprint density at radius 3 is 2.57 bits per heavy atom. The lowest BCUT2D eigenvalue weighted by Gasteiger charge is -2.02. The van der Waals surface area contributed by atoms with Crippen LogP contribution in [0.1, 0.15) is 22.5 Å². The van der Waals surface area contributed by atoms with Gasteiger partial charge in [-0.3, -0.25) is 19.6 Å². The molecule has 0 aliphatic carbocycles. The van der Waals surface area contributed by atoms with Crippen molar-refractivity contribution in [2.75, 3.05) is 0 Å². The van der Waals surface area contributed by atoms with Crippen molar-refractivity contribution in [3.63, 3.8) is 0 Å². The molecule has 0 saturated heterocycles. The van der Waals surface area contributed by atoms with Crippen molar-refractivity contribution in [1.82, 2.24) is 15.2 Å². The van der Waals surface area contributed by atoms with Gasteiger partial charge in [0, 0.05) is 0 Å². The van der Waals surface area contributed by atoms with Crippen LogP contribution in [-0.2, 0) is 11.3 Å². The predicted octanol–water partition coefficient (Wildman–Crippen LogP) is 1.87. The van der Waals surface area contributed by atoms with Crippen LogP contribution in [0.25, 0.3) is 0 Å². The molecule has 23 heavy (non-hydrogen) atoms. The van der Waals surface area contributed by atoms with Gasteiger partial charge in [0.15, 0.2) is 0 Å². The number of aryl methyl sites for hydroxylation is 2. The molecule has 2 rings (SSSR count). The Kier molecular flexibility index (Phi) is 4.85. The normalized spacial score (nSPS) is 10.9. The number of rotatable bonds is 5. The molecule has 0 unspecified atom stereocenters. The summed E-state index contributed by atoms with van der Waals surface area (Å²) in [7, 11) is 0. The molecule has 0 bridgehead atoms. The molecule has 0 aliphatic heterocycles. The van der Waals surface area contributed by atoms with E-state index in [-0.39, 0.29) is 17.9 Å². The van der Waals surface area contributed by atoms with Gasteiger partial charge < -0.3 is 0 Å². The summed E-state index contributed by atoms with van der Waals surface area (Å²) in [5.74, 6) is -0.408. The number of nitro groups is 1. The number of aromatic nitrogens is 2. The van der Waals surface area contributed by atoms with Gasteiger partial charge in [-0.15, -0.1) is 0 Å². The fraction of sp³-hybridized carbons (Fsp3) is 0.267. The van der Waals surface area contributed by atoms with E-state index in [0.29, 0.717) is 5.69 Å². The second kappa shape index (κ2) is 6.82. The highest BCUT2D eigenvalue weighted by Crippen LogP contribution is 2.21. The minimum absolute atomic E-state index is 0.0686. The van der Waals surface area contributed by atoms with E-state index in [4.69, 9.17) is 0 Å². The molecule has 0 radical (unpaired) electrons. The van der Waals surface area contributed by atoms with Gasteiger partial charge in [0.25, 0.3) is 5.91 Å². The summed E-state index contributed by atoms with van der Waals surface area (Å²) in [6.07, 6.45) is 1.53. The van der Waals surface area contributed by atoms with Gasteiger partial charge in [0.1, 0.15) is 17.9 Å². The molecule has 0 fully saturated rings. The number of nitrogens with zero attached hydrogens (tertiary/aromatic N) is 4. The molecule has 0 spiro atoms. The number of hydrogen-bond acceptors (Lipinski definition) is 5. The van der Waals surface area contributed by atoms with Crippen LogP contribution in [-0.4, -0.2) is 26.8 Å². The van der Waals surface area contributed by atoms with Crippen LogP contribution in [0.3, 0.4) is 0 Å². The molecule has 8 nitrogen and oxygen atoms in total. The molecule has 0 saturated carbocycles. The Morgan fingerprint density at radius 1 is 1.35 bits per heavy atom. The Morgan fingerprint density at radius 2 is 2.00 bits per heavy atom. The number of hydrazone groups is 1. The van der Waals surface area contributed by atoms with Crippen molar-refractivity contribution in [3.05, 3.63) is 56.9 Å². The monoisotopic (exact) mass is 315 g/mol. The van der Waals surface area contributed by atoms with Gasteiger partial charge >= 0.3 is 5.69 Å². The second-order valence-corrected chi connectivity index (χ2v) is 5.14. The number of carbonyl (C=O) groups is 1. The van der Waals surface area contributed by atoms with Gasteiger partial charge in [0.2, 0.25) is 0 Å². The molecular weight excluding hydrogens is 298 g/mol. The van der Waals surface area contributed by atoms with E-state index in [0.717, 1.165) is 11.1 Å². The van der Waals surface area contributed by atoms with E-state index in [1.807, 2.05) is 31.2 Å². The molecule has 1 aromatic heterocycles.